The van der Waals surface area contributed by atoms with Crippen LogP contribution in [0.25, 0.3) is 0 Å². The third-order valence-electron chi connectivity index (χ3n) is 3.39. The Labute approximate surface area is 127 Å². The number of hydrogen-bond donors (Lipinski definition) is 4. The first-order valence-electron chi connectivity index (χ1n) is 6.23. The molecule has 8 heteroatoms. The van der Waals surface area contributed by atoms with Crippen molar-refractivity contribution in [3.63, 3.8) is 0 Å². The first-order chi connectivity index (χ1) is 10.8. The van der Waals surface area contributed by atoms with E-state index in [1.165, 1.54) is 12.1 Å². The predicted molar refractivity (Wildman–Crippen MR) is 73.4 cm³/mol. The van der Waals surface area contributed by atoms with Crippen LogP contribution >= 0.6 is 0 Å². The number of ether oxygens (including phenoxy) is 1. The smallest absolute Gasteiger partial charge is 0.508 e. The summed E-state index contributed by atoms with van der Waals surface area (Å²) < 4.78 is 4.43. The lowest BCUT2D eigenvalue weighted by atomic mass is 9.82. The van der Waals surface area contributed by atoms with Crippen molar-refractivity contribution in [3.8, 4) is 23.0 Å². The van der Waals surface area contributed by atoms with E-state index in [1.54, 1.807) is 0 Å². The summed E-state index contributed by atoms with van der Waals surface area (Å²) >= 11 is 0. The van der Waals surface area contributed by atoms with Crippen molar-refractivity contribution in [2.24, 2.45) is 0 Å². The second-order valence-electron chi connectivity index (χ2n) is 4.75. The molecular formula is C15H8O8. The molecule has 116 valence electrons. The second kappa shape index (κ2) is 4.73. The van der Waals surface area contributed by atoms with Gasteiger partial charge in [-0.15, -0.1) is 0 Å². The molecule has 0 radical (unpaired) electrons. The maximum atomic E-state index is 12.5. The van der Waals surface area contributed by atoms with Gasteiger partial charge in [-0.1, -0.05) is 0 Å². The van der Waals surface area contributed by atoms with E-state index in [1.807, 2.05) is 0 Å². The zero-order valence-electron chi connectivity index (χ0n) is 11.2. The predicted octanol–water partition coefficient (Wildman–Crippen LogP) is 1.64. The van der Waals surface area contributed by atoms with Crippen molar-refractivity contribution in [1.29, 1.82) is 0 Å². The minimum atomic E-state index is -1.76. The van der Waals surface area contributed by atoms with Crippen LogP contribution in [0.5, 0.6) is 23.0 Å². The van der Waals surface area contributed by atoms with Gasteiger partial charge in [-0.25, -0.2) is 4.79 Å². The van der Waals surface area contributed by atoms with Crippen LogP contribution in [0.1, 0.15) is 31.8 Å². The lowest BCUT2D eigenvalue weighted by Crippen LogP contribution is -2.22. The van der Waals surface area contributed by atoms with Crippen LogP contribution in [0.3, 0.4) is 0 Å². The van der Waals surface area contributed by atoms with Crippen LogP contribution in [0.2, 0.25) is 0 Å². The number of benzene rings is 2. The number of phenolic OH excluding ortho intramolecular Hbond substituents is 3. The zero-order valence-corrected chi connectivity index (χ0v) is 11.2. The van der Waals surface area contributed by atoms with Crippen molar-refractivity contribution < 1.29 is 39.5 Å². The second-order valence-corrected chi connectivity index (χ2v) is 4.75. The minimum absolute atomic E-state index is 0.0828. The van der Waals surface area contributed by atoms with Crippen molar-refractivity contribution in [2.45, 2.75) is 0 Å². The number of aromatic hydroxyl groups is 3. The van der Waals surface area contributed by atoms with Gasteiger partial charge in [0, 0.05) is 17.2 Å². The van der Waals surface area contributed by atoms with E-state index in [-0.39, 0.29) is 16.9 Å². The number of carbonyl (C=O) groups is 3. The molecule has 0 saturated heterocycles. The normalized spacial score (nSPS) is 12.5. The van der Waals surface area contributed by atoms with Crippen LogP contribution < -0.4 is 4.74 Å². The molecule has 0 fully saturated rings. The first-order valence-corrected chi connectivity index (χ1v) is 6.23. The molecule has 0 saturated carbocycles. The third-order valence-corrected chi connectivity index (χ3v) is 3.39. The van der Waals surface area contributed by atoms with E-state index in [9.17, 15) is 29.7 Å². The number of ketones is 2. The number of carboxylic acid groups (broad SMARTS) is 1. The molecule has 0 unspecified atom stereocenters. The molecule has 23 heavy (non-hydrogen) atoms. The maximum absolute atomic E-state index is 12.5. The summed E-state index contributed by atoms with van der Waals surface area (Å²) in [7, 11) is 0. The summed E-state index contributed by atoms with van der Waals surface area (Å²) in [5.74, 6) is -4.15. The molecular weight excluding hydrogens is 308 g/mol. The Morgan fingerprint density at radius 3 is 2.22 bits per heavy atom. The molecule has 0 heterocycles. The fourth-order valence-corrected chi connectivity index (χ4v) is 2.44. The van der Waals surface area contributed by atoms with Gasteiger partial charge in [0.25, 0.3) is 0 Å². The Morgan fingerprint density at radius 1 is 0.913 bits per heavy atom. The van der Waals surface area contributed by atoms with Crippen molar-refractivity contribution in [2.75, 3.05) is 0 Å². The number of rotatable bonds is 1. The molecule has 1 aliphatic rings. The average molecular weight is 316 g/mol. The number of hydrogen-bond acceptors (Lipinski definition) is 7. The Kier molecular flexibility index (Phi) is 2.96. The van der Waals surface area contributed by atoms with Gasteiger partial charge in [-0.2, -0.15) is 0 Å². The highest BCUT2D eigenvalue weighted by molar-refractivity contribution is 6.30. The summed E-state index contributed by atoms with van der Waals surface area (Å²) in [5.41, 5.74) is -1.31. The van der Waals surface area contributed by atoms with Crippen LogP contribution in [0.15, 0.2) is 24.3 Å². The van der Waals surface area contributed by atoms with E-state index in [4.69, 9.17) is 5.11 Å². The quantitative estimate of drug-likeness (QED) is 0.301. The Morgan fingerprint density at radius 2 is 1.57 bits per heavy atom. The summed E-state index contributed by atoms with van der Waals surface area (Å²) in [5, 5.41) is 37.7. The van der Waals surface area contributed by atoms with E-state index in [2.05, 4.69) is 4.74 Å². The molecule has 1 aliphatic carbocycles. The summed E-state index contributed by atoms with van der Waals surface area (Å²) in [4.78, 5) is 35.7. The lowest BCUT2D eigenvalue weighted by Gasteiger charge is -2.20. The monoisotopic (exact) mass is 316 g/mol. The lowest BCUT2D eigenvalue weighted by molar-refractivity contribution is 0.0970. The zero-order chi connectivity index (χ0) is 16.9. The van der Waals surface area contributed by atoms with Crippen LogP contribution in [0.4, 0.5) is 4.79 Å². The SMILES string of the molecule is O=C(O)Oc1cc(O)c(O)c2c1C(=O)c1ccc(O)cc1C2=O. The van der Waals surface area contributed by atoms with Gasteiger partial charge in [0.15, 0.2) is 23.1 Å². The van der Waals surface area contributed by atoms with E-state index >= 15 is 0 Å². The topological polar surface area (TPSA) is 141 Å². The van der Waals surface area contributed by atoms with E-state index in [0.717, 1.165) is 12.1 Å². The molecule has 0 aliphatic heterocycles. The van der Waals surface area contributed by atoms with Crippen LogP contribution in [-0.2, 0) is 0 Å². The highest BCUT2D eigenvalue weighted by Gasteiger charge is 2.37. The molecule has 3 rings (SSSR count). The molecule has 0 aromatic heterocycles. The molecule has 2 aromatic carbocycles. The van der Waals surface area contributed by atoms with Gasteiger partial charge in [0.05, 0.1) is 11.1 Å². The third kappa shape index (κ3) is 2.04. The molecule has 0 atom stereocenters. The molecule has 0 spiro atoms. The average Bonchev–Trinajstić information content (AvgIpc) is 2.47. The molecule has 0 amide bonds. The van der Waals surface area contributed by atoms with Crippen LogP contribution in [0, 0.1) is 0 Å². The Bertz CT molecular complexity index is 897. The summed E-state index contributed by atoms with van der Waals surface area (Å²) in [6, 6.07) is 4.16. The largest absolute Gasteiger partial charge is 0.511 e. The van der Waals surface area contributed by atoms with Crippen molar-refractivity contribution in [3.05, 3.63) is 46.5 Å². The maximum Gasteiger partial charge on any atom is 0.511 e. The first kappa shape index (κ1) is 14.4. The van der Waals surface area contributed by atoms with Gasteiger partial charge < -0.3 is 25.2 Å². The number of carbonyl (C=O) groups excluding carboxylic acids is 2. The molecule has 0 bridgehead atoms. The molecule has 4 N–H and O–H groups in total. The van der Waals surface area contributed by atoms with E-state index in [0.29, 0.717) is 0 Å². The summed E-state index contributed by atoms with van der Waals surface area (Å²) in [6.07, 6.45) is -1.76. The summed E-state index contributed by atoms with van der Waals surface area (Å²) in [6.45, 7) is 0. The van der Waals surface area contributed by atoms with Crippen molar-refractivity contribution in [1.82, 2.24) is 0 Å². The molecule has 2 aromatic rings. The molecule has 8 nitrogen and oxygen atoms in total. The highest BCUT2D eigenvalue weighted by Crippen LogP contribution is 2.43. The van der Waals surface area contributed by atoms with Crippen LogP contribution in [-0.4, -0.2) is 38.1 Å². The minimum Gasteiger partial charge on any atom is -0.508 e. The Hall–Kier alpha value is -3.55. The number of fused-ring (bicyclic) bond motifs is 2. The fraction of sp³-hybridized carbons (Fsp3) is 0. The van der Waals surface area contributed by atoms with Gasteiger partial charge in [-0.05, 0) is 18.2 Å². The van der Waals surface area contributed by atoms with Crippen molar-refractivity contribution >= 4 is 17.7 Å². The fourth-order valence-electron chi connectivity index (χ4n) is 2.44. The van der Waals surface area contributed by atoms with Gasteiger partial charge in [0.1, 0.15) is 11.5 Å². The van der Waals surface area contributed by atoms with Gasteiger partial charge >= 0.3 is 6.16 Å². The van der Waals surface area contributed by atoms with Gasteiger partial charge in [0.2, 0.25) is 0 Å². The standard InChI is InChI=1S/C15H8O8/c16-5-1-2-6-7(3-5)13(19)11-10(12(6)18)9(23-15(21)22)4-8(17)14(11)20/h1-4,16-17,20H,(H,21,22). The highest BCUT2D eigenvalue weighted by atomic mass is 16.7. The Balaban J connectivity index is 2.35. The van der Waals surface area contributed by atoms with Gasteiger partial charge in [-0.3, -0.25) is 9.59 Å². The van der Waals surface area contributed by atoms with E-state index < -0.39 is 46.1 Å². The number of phenols is 3.